The summed E-state index contributed by atoms with van der Waals surface area (Å²) >= 11 is 0. The average Bonchev–Trinajstić information content (AvgIpc) is 3.12. The van der Waals surface area contributed by atoms with Gasteiger partial charge in [0.25, 0.3) is 11.7 Å². The summed E-state index contributed by atoms with van der Waals surface area (Å²) in [6, 6.07) is 11.6. The van der Waals surface area contributed by atoms with Crippen LogP contribution in [0.4, 0.5) is 0 Å². The van der Waals surface area contributed by atoms with Gasteiger partial charge in [-0.25, -0.2) is 0 Å². The number of hydrogen-bond donors (Lipinski definition) is 1. The molecule has 1 amide bonds. The molecule has 0 bridgehead atoms. The number of likely N-dealkylation sites (N-methyl/N-ethyl adjacent to an activating group) is 1. The van der Waals surface area contributed by atoms with Gasteiger partial charge in [0.15, 0.2) is 11.5 Å². The highest BCUT2D eigenvalue weighted by atomic mass is 16.6. The lowest BCUT2D eigenvalue weighted by Gasteiger charge is -2.27. The van der Waals surface area contributed by atoms with Gasteiger partial charge in [-0.15, -0.1) is 0 Å². The van der Waals surface area contributed by atoms with E-state index in [1.54, 1.807) is 18.2 Å². The van der Waals surface area contributed by atoms with Gasteiger partial charge in [0, 0.05) is 18.7 Å². The van der Waals surface area contributed by atoms with E-state index in [1.165, 1.54) is 4.90 Å². The molecule has 1 fully saturated rings. The van der Waals surface area contributed by atoms with Crippen molar-refractivity contribution in [2.45, 2.75) is 25.8 Å². The topological polar surface area (TPSA) is 88.5 Å². The van der Waals surface area contributed by atoms with E-state index in [1.807, 2.05) is 43.3 Å². The van der Waals surface area contributed by atoms with Crippen LogP contribution in [-0.4, -0.2) is 73.6 Å². The quantitative estimate of drug-likeness (QED) is 0.254. The zero-order chi connectivity index (χ0) is 24.9. The summed E-state index contributed by atoms with van der Waals surface area (Å²) in [5, 5.41) is 11.3. The molecule has 1 N–H and O–H groups in total. The summed E-state index contributed by atoms with van der Waals surface area (Å²) < 4.78 is 17.0. The number of rotatable bonds is 9. The Balaban J connectivity index is 1.73. The van der Waals surface area contributed by atoms with Crippen LogP contribution in [0.3, 0.4) is 0 Å². The normalized spacial score (nSPS) is 18.9. The van der Waals surface area contributed by atoms with Gasteiger partial charge in [-0.2, -0.15) is 0 Å². The zero-order valence-electron chi connectivity index (χ0n) is 20.5. The summed E-state index contributed by atoms with van der Waals surface area (Å²) in [5.41, 5.74) is 1.18. The van der Waals surface area contributed by atoms with Crippen molar-refractivity contribution in [3.05, 3.63) is 59.2 Å². The largest absolute Gasteiger partial charge is 0.507 e. The molecular formula is C27H32N2O6. The predicted molar refractivity (Wildman–Crippen MR) is 132 cm³/mol. The Morgan fingerprint density at radius 3 is 2.49 bits per heavy atom. The molecule has 2 aromatic carbocycles. The predicted octanol–water partition coefficient (Wildman–Crippen LogP) is 3.62. The van der Waals surface area contributed by atoms with Crippen LogP contribution in [0, 0.1) is 0 Å². The average molecular weight is 481 g/mol. The molecule has 0 aliphatic carbocycles. The number of fused-ring (bicyclic) bond motifs is 1. The zero-order valence-corrected chi connectivity index (χ0v) is 20.5. The molecule has 0 saturated carbocycles. The molecule has 0 spiro atoms. The van der Waals surface area contributed by atoms with Gasteiger partial charge in [0.1, 0.15) is 24.7 Å². The van der Waals surface area contributed by atoms with E-state index in [-0.39, 0.29) is 11.3 Å². The number of amides is 1. The second-order valence-electron chi connectivity index (χ2n) is 8.93. The summed E-state index contributed by atoms with van der Waals surface area (Å²) in [4.78, 5) is 29.7. The number of aliphatic hydroxyl groups is 1. The number of benzene rings is 2. The van der Waals surface area contributed by atoms with Gasteiger partial charge in [0.05, 0.1) is 18.2 Å². The minimum atomic E-state index is -0.715. The lowest BCUT2D eigenvalue weighted by Crippen LogP contribution is -2.35. The van der Waals surface area contributed by atoms with E-state index in [9.17, 15) is 14.7 Å². The van der Waals surface area contributed by atoms with E-state index in [2.05, 4.69) is 6.92 Å². The van der Waals surface area contributed by atoms with Gasteiger partial charge in [-0.3, -0.25) is 9.59 Å². The Morgan fingerprint density at radius 2 is 1.80 bits per heavy atom. The molecule has 2 aliphatic rings. The number of likely N-dealkylation sites (tertiary alicyclic amines) is 1. The van der Waals surface area contributed by atoms with E-state index in [4.69, 9.17) is 14.2 Å². The monoisotopic (exact) mass is 480 g/mol. The fourth-order valence-corrected chi connectivity index (χ4v) is 4.19. The minimum Gasteiger partial charge on any atom is -0.507 e. The van der Waals surface area contributed by atoms with Crippen molar-refractivity contribution in [3.8, 4) is 17.2 Å². The second-order valence-corrected chi connectivity index (χ2v) is 8.93. The number of Topliss-reactive ketones (excluding diaryl/α,β-unsaturated/α-hetero) is 1. The second kappa shape index (κ2) is 10.8. The Bertz CT molecular complexity index is 1110. The lowest BCUT2D eigenvalue weighted by atomic mass is 9.95. The van der Waals surface area contributed by atoms with E-state index in [0.29, 0.717) is 50.0 Å². The van der Waals surface area contributed by atoms with Gasteiger partial charge in [-0.05, 0) is 56.4 Å². The maximum Gasteiger partial charge on any atom is 0.295 e. The van der Waals surface area contributed by atoms with Crippen molar-refractivity contribution < 1.29 is 28.9 Å². The van der Waals surface area contributed by atoms with E-state index < -0.39 is 17.7 Å². The van der Waals surface area contributed by atoms with Crippen LogP contribution in [0.15, 0.2) is 48.0 Å². The van der Waals surface area contributed by atoms with Crippen molar-refractivity contribution in [1.29, 1.82) is 0 Å². The number of hydrogen-bond acceptors (Lipinski definition) is 7. The third-order valence-corrected chi connectivity index (χ3v) is 6.11. The van der Waals surface area contributed by atoms with Crippen LogP contribution < -0.4 is 14.2 Å². The first kappa shape index (κ1) is 24.6. The molecule has 8 nitrogen and oxygen atoms in total. The third-order valence-electron chi connectivity index (χ3n) is 6.11. The fraction of sp³-hybridized carbons (Fsp3) is 0.407. The number of aliphatic hydroxyl groups excluding tert-OH is 1. The summed E-state index contributed by atoms with van der Waals surface area (Å²) in [7, 11) is 3.81. The maximum atomic E-state index is 13.2. The van der Waals surface area contributed by atoms with Crippen molar-refractivity contribution in [2.75, 3.05) is 47.0 Å². The summed E-state index contributed by atoms with van der Waals surface area (Å²) in [6.45, 7) is 4.50. The molecule has 0 unspecified atom stereocenters. The Hall–Kier alpha value is -3.52. The van der Waals surface area contributed by atoms with Crippen LogP contribution in [0.5, 0.6) is 17.2 Å². The Morgan fingerprint density at radius 1 is 1.09 bits per heavy atom. The van der Waals surface area contributed by atoms with Gasteiger partial charge >= 0.3 is 0 Å². The molecule has 8 heteroatoms. The minimum absolute atomic E-state index is 0.0603. The Labute approximate surface area is 205 Å². The fourth-order valence-electron chi connectivity index (χ4n) is 4.19. The van der Waals surface area contributed by atoms with Crippen LogP contribution in [0.2, 0.25) is 0 Å². The van der Waals surface area contributed by atoms with Crippen LogP contribution in [0.1, 0.15) is 36.9 Å². The lowest BCUT2D eigenvalue weighted by molar-refractivity contribution is -0.140. The van der Waals surface area contributed by atoms with Crippen LogP contribution in [-0.2, 0) is 9.59 Å². The Kier molecular flexibility index (Phi) is 7.60. The number of ketones is 1. The molecule has 1 saturated heterocycles. The molecule has 35 heavy (non-hydrogen) atoms. The first-order valence-electron chi connectivity index (χ1n) is 12.0. The molecular weight excluding hydrogens is 448 g/mol. The molecule has 186 valence electrons. The standard InChI is InChI=1S/C27H32N2O6/c1-4-5-14-33-20-9-6-18(7-10-20)24-23(26(31)27(32)29(24)13-12-28(2)3)25(30)19-8-11-21-22(17-19)35-16-15-34-21/h6-11,17,24,30H,4-5,12-16H2,1-3H3/t24-/m1/s1. The molecule has 1 atom stereocenters. The van der Waals surface area contributed by atoms with Crippen molar-refractivity contribution in [1.82, 2.24) is 9.80 Å². The van der Waals surface area contributed by atoms with E-state index >= 15 is 0 Å². The number of nitrogens with zero attached hydrogens (tertiary/aromatic N) is 2. The third kappa shape index (κ3) is 5.27. The summed E-state index contributed by atoms with van der Waals surface area (Å²) in [5.74, 6) is 0.227. The molecule has 0 aromatic heterocycles. The first-order valence-corrected chi connectivity index (χ1v) is 12.0. The SMILES string of the molecule is CCCCOc1ccc([C@@H]2C(=C(O)c3ccc4c(c3)OCCO4)C(=O)C(=O)N2CCN(C)C)cc1. The highest BCUT2D eigenvalue weighted by Crippen LogP contribution is 2.41. The molecule has 2 aliphatic heterocycles. The summed E-state index contributed by atoms with van der Waals surface area (Å²) in [6.07, 6.45) is 2.00. The highest BCUT2D eigenvalue weighted by Gasteiger charge is 2.46. The number of carbonyl (C=O) groups is 2. The smallest absolute Gasteiger partial charge is 0.295 e. The van der Waals surface area contributed by atoms with Crippen LogP contribution >= 0.6 is 0 Å². The number of carbonyl (C=O) groups excluding carboxylic acids is 2. The number of unbranched alkanes of at least 4 members (excludes halogenated alkanes) is 1. The molecule has 2 heterocycles. The molecule has 4 rings (SSSR count). The van der Waals surface area contributed by atoms with E-state index in [0.717, 1.165) is 24.2 Å². The van der Waals surface area contributed by atoms with Crippen molar-refractivity contribution >= 4 is 17.4 Å². The molecule has 2 aromatic rings. The van der Waals surface area contributed by atoms with Gasteiger partial charge in [-0.1, -0.05) is 25.5 Å². The van der Waals surface area contributed by atoms with Crippen molar-refractivity contribution in [2.24, 2.45) is 0 Å². The first-order chi connectivity index (χ1) is 16.9. The highest BCUT2D eigenvalue weighted by molar-refractivity contribution is 6.46. The van der Waals surface area contributed by atoms with Crippen molar-refractivity contribution in [3.63, 3.8) is 0 Å². The van der Waals surface area contributed by atoms with Gasteiger partial charge in [0.2, 0.25) is 0 Å². The molecule has 0 radical (unpaired) electrons. The van der Waals surface area contributed by atoms with Gasteiger partial charge < -0.3 is 29.1 Å². The van der Waals surface area contributed by atoms with Crippen LogP contribution in [0.25, 0.3) is 5.76 Å². The maximum absolute atomic E-state index is 13.2. The number of ether oxygens (including phenoxy) is 3.